The van der Waals surface area contributed by atoms with Gasteiger partial charge in [-0.1, -0.05) is 18.2 Å². The third-order valence-corrected chi connectivity index (χ3v) is 4.80. The van der Waals surface area contributed by atoms with Gasteiger partial charge in [0.25, 0.3) is 0 Å². The molecule has 4 aromatic rings. The predicted octanol–water partition coefficient (Wildman–Crippen LogP) is 4.41. The molecular weight excluding hydrogens is 394 g/mol. The van der Waals surface area contributed by atoms with Gasteiger partial charge in [0, 0.05) is 11.8 Å². The molecule has 7 heteroatoms. The summed E-state index contributed by atoms with van der Waals surface area (Å²) in [5.41, 5.74) is 2.98. The van der Waals surface area contributed by atoms with E-state index in [-0.39, 0.29) is 5.78 Å². The van der Waals surface area contributed by atoms with Crippen molar-refractivity contribution in [3.63, 3.8) is 0 Å². The zero-order valence-electron chi connectivity index (χ0n) is 17.4. The predicted molar refractivity (Wildman–Crippen MR) is 119 cm³/mol. The molecule has 0 saturated carbocycles. The highest BCUT2D eigenvalue weighted by molar-refractivity contribution is 6.32. The van der Waals surface area contributed by atoms with E-state index in [9.17, 15) is 4.79 Å². The van der Waals surface area contributed by atoms with Crippen LogP contribution in [-0.4, -0.2) is 42.1 Å². The SMILES string of the molecule is COc1cc(C(=O)C(=Cc2ccccn2)c2nc3ccccc3[nH]2)cc(OC)c1OC. The number of para-hydroxylation sites is 2. The number of nitrogens with one attached hydrogen (secondary N) is 1. The molecule has 4 rings (SSSR count). The molecule has 0 spiro atoms. The molecule has 156 valence electrons. The Bertz CT molecular complexity index is 1200. The minimum atomic E-state index is -0.260. The van der Waals surface area contributed by atoms with E-state index in [4.69, 9.17) is 14.2 Å². The highest BCUT2D eigenvalue weighted by atomic mass is 16.5. The summed E-state index contributed by atoms with van der Waals surface area (Å²) in [7, 11) is 4.54. The Labute approximate surface area is 179 Å². The van der Waals surface area contributed by atoms with Gasteiger partial charge >= 0.3 is 0 Å². The number of pyridine rings is 1. The maximum Gasteiger partial charge on any atom is 0.203 e. The molecule has 31 heavy (non-hydrogen) atoms. The van der Waals surface area contributed by atoms with Crippen LogP contribution in [0, 0.1) is 0 Å². The van der Waals surface area contributed by atoms with Crippen LogP contribution in [0.1, 0.15) is 21.9 Å². The fourth-order valence-electron chi connectivity index (χ4n) is 3.30. The number of allylic oxidation sites excluding steroid dienone is 1. The summed E-state index contributed by atoms with van der Waals surface area (Å²) in [5.74, 6) is 1.40. The van der Waals surface area contributed by atoms with E-state index in [1.54, 1.807) is 24.4 Å². The number of aromatic amines is 1. The average molecular weight is 415 g/mol. The number of aromatic nitrogens is 3. The van der Waals surface area contributed by atoms with Gasteiger partial charge in [-0.2, -0.15) is 0 Å². The number of fused-ring (bicyclic) bond motifs is 1. The summed E-state index contributed by atoms with van der Waals surface area (Å²) in [4.78, 5) is 25.8. The molecule has 1 N–H and O–H groups in total. The van der Waals surface area contributed by atoms with Gasteiger partial charge < -0.3 is 19.2 Å². The van der Waals surface area contributed by atoms with Crippen LogP contribution >= 0.6 is 0 Å². The van der Waals surface area contributed by atoms with Gasteiger partial charge in [0.05, 0.1) is 43.6 Å². The zero-order chi connectivity index (χ0) is 21.8. The lowest BCUT2D eigenvalue weighted by Crippen LogP contribution is -2.06. The van der Waals surface area contributed by atoms with Crippen LogP contribution in [0.15, 0.2) is 60.8 Å². The molecule has 0 aliphatic heterocycles. The Morgan fingerprint density at radius 3 is 2.26 bits per heavy atom. The van der Waals surface area contributed by atoms with Gasteiger partial charge in [-0.3, -0.25) is 9.78 Å². The highest BCUT2D eigenvalue weighted by Crippen LogP contribution is 2.39. The maximum atomic E-state index is 13.7. The fourth-order valence-corrected chi connectivity index (χ4v) is 3.30. The molecule has 0 unspecified atom stereocenters. The molecule has 2 aromatic carbocycles. The van der Waals surface area contributed by atoms with Crippen LogP contribution in [0.4, 0.5) is 0 Å². The summed E-state index contributed by atoms with van der Waals surface area (Å²) >= 11 is 0. The van der Waals surface area contributed by atoms with Crippen LogP contribution in [-0.2, 0) is 0 Å². The molecule has 0 fully saturated rings. The van der Waals surface area contributed by atoms with Crippen molar-refractivity contribution >= 4 is 28.5 Å². The van der Waals surface area contributed by atoms with E-state index in [0.717, 1.165) is 11.0 Å². The number of imidazole rings is 1. The average Bonchev–Trinajstić information content (AvgIpc) is 3.25. The lowest BCUT2D eigenvalue weighted by molar-refractivity contribution is 0.105. The number of benzene rings is 2. The second-order valence-electron chi connectivity index (χ2n) is 6.66. The molecule has 2 heterocycles. The number of carbonyl (C=O) groups excluding carboxylic acids is 1. The number of methoxy groups -OCH3 is 3. The molecule has 0 bridgehead atoms. The number of hydrogen-bond donors (Lipinski definition) is 1. The second-order valence-corrected chi connectivity index (χ2v) is 6.66. The number of H-pyrrole nitrogens is 1. The van der Waals surface area contributed by atoms with Crippen LogP contribution in [0.3, 0.4) is 0 Å². The first kappa shape index (κ1) is 20.2. The standard InChI is InChI=1S/C24H21N3O4/c1-29-20-12-15(13-21(30-2)23(20)31-3)22(28)17(14-16-8-6-7-11-25-16)24-26-18-9-4-5-10-19(18)27-24/h4-14H,1-3H3,(H,26,27). The molecule has 0 saturated heterocycles. The minimum Gasteiger partial charge on any atom is -0.493 e. The van der Waals surface area contributed by atoms with Crippen LogP contribution in [0.25, 0.3) is 22.7 Å². The van der Waals surface area contributed by atoms with Crippen molar-refractivity contribution in [2.24, 2.45) is 0 Å². The van der Waals surface area contributed by atoms with E-state index >= 15 is 0 Å². The Kier molecular flexibility index (Phi) is 5.66. The van der Waals surface area contributed by atoms with Crippen LogP contribution in [0.2, 0.25) is 0 Å². The molecule has 0 amide bonds. The minimum absolute atomic E-state index is 0.260. The molecule has 0 aliphatic rings. The quantitative estimate of drug-likeness (QED) is 0.355. The largest absolute Gasteiger partial charge is 0.493 e. The summed E-state index contributed by atoms with van der Waals surface area (Å²) < 4.78 is 16.2. The highest BCUT2D eigenvalue weighted by Gasteiger charge is 2.22. The van der Waals surface area contributed by atoms with Crippen molar-refractivity contribution in [2.75, 3.05) is 21.3 Å². The number of carbonyl (C=O) groups is 1. The first-order valence-electron chi connectivity index (χ1n) is 9.57. The molecule has 0 atom stereocenters. The van der Waals surface area contributed by atoms with Gasteiger partial charge in [0.1, 0.15) is 5.82 Å². The second kappa shape index (κ2) is 8.71. The Morgan fingerprint density at radius 2 is 1.65 bits per heavy atom. The molecule has 0 aliphatic carbocycles. The van der Waals surface area contributed by atoms with Crippen molar-refractivity contribution < 1.29 is 19.0 Å². The molecule has 0 radical (unpaired) electrons. The fraction of sp³-hybridized carbons (Fsp3) is 0.125. The van der Waals surface area contributed by atoms with Crippen molar-refractivity contribution in [1.82, 2.24) is 15.0 Å². The third-order valence-electron chi connectivity index (χ3n) is 4.80. The normalized spacial score (nSPS) is 11.4. The van der Waals surface area contributed by atoms with Gasteiger partial charge in [-0.05, 0) is 42.5 Å². The van der Waals surface area contributed by atoms with Gasteiger partial charge in [-0.15, -0.1) is 0 Å². The van der Waals surface area contributed by atoms with Crippen molar-refractivity contribution in [2.45, 2.75) is 0 Å². The van der Waals surface area contributed by atoms with E-state index in [2.05, 4.69) is 15.0 Å². The van der Waals surface area contributed by atoms with Crippen LogP contribution < -0.4 is 14.2 Å². The summed E-state index contributed by atoms with van der Waals surface area (Å²) in [6, 6.07) is 16.4. The summed E-state index contributed by atoms with van der Waals surface area (Å²) in [6.45, 7) is 0. The topological polar surface area (TPSA) is 86.3 Å². The number of hydrogen-bond acceptors (Lipinski definition) is 6. The Balaban J connectivity index is 1.88. The summed E-state index contributed by atoms with van der Waals surface area (Å²) in [5, 5.41) is 0. The van der Waals surface area contributed by atoms with Gasteiger partial charge in [0.2, 0.25) is 5.75 Å². The van der Waals surface area contributed by atoms with Crippen molar-refractivity contribution in [3.8, 4) is 17.2 Å². The number of rotatable bonds is 7. The van der Waals surface area contributed by atoms with E-state index in [0.29, 0.717) is 39.9 Å². The number of ketones is 1. The Hall–Kier alpha value is -4.13. The first-order chi connectivity index (χ1) is 15.1. The van der Waals surface area contributed by atoms with Crippen LogP contribution in [0.5, 0.6) is 17.2 Å². The van der Waals surface area contributed by atoms with E-state index in [1.807, 2.05) is 42.5 Å². The lowest BCUT2D eigenvalue weighted by atomic mass is 10.0. The van der Waals surface area contributed by atoms with E-state index in [1.165, 1.54) is 21.3 Å². The lowest BCUT2D eigenvalue weighted by Gasteiger charge is -2.14. The molecule has 2 aromatic heterocycles. The van der Waals surface area contributed by atoms with E-state index < -0.39 is 0 Å². The third kappa shape index (κ3) is 3.98. The van der Waals surface area contributed by atoms with Crippen molar-refractivity contribution in [3.05, 3.63) is 77.9 Å². The number of nitrogens with zero attached hydrogens (tertiary/aromatic N) is 2. The first-order valence-corrected chi connectivity index (χ1v) is 9.57. The van der Waals surface area contributed by atoms with Gasteiger partial charge in [0.15, 0.2) is 17.3 Å². The van der Waals surface area contributed by atoms with Gasteiger partial charge in [-0.25, -0.2) is 4.98 Å². The number of Topliss-reactive ketones (excluding diaryl/α,β-unsaturated/α-hetero) is 1. The zero-order valence-corrected chi connectivity index (χ0v) is 17.4. The Morgan fingerprint density at radius 1 is 0.935 bits per heavy atom. The van der Waals surface area contributed by atoms with Crippen molar-refractivity contribution in [1.29, 1.82) is 0 Å². The maximum absolute atomic E-state index is 13.7. The molecule has 7 nitrogen and oxygen atoms in total. The summed E-state index contributed by atoms with van der Waals surface area (Å²) in [6.07, 6.45) is 3.38. The number of ether oxygens (including phenoxy) is 3. The monoisotopic (exact) mass is 415 g/mol. The molecular formula is C24H21N3O4. The smallest absolute Gasteiger partial charge is 0.203 e.